The molecule has 0 amide bonds. The van der Waals surface area contributed by atoms with Crippen molar-refractivity contribution in [1.29, 1.82) is 5.26 Å². The topological polar surface area (TPSA) is 93.6 Å². The minimum atomic E-state index is 0.593. The lowest BCUT2D eigenvalue weighted by atomic mass is 10.2. The number of nitrogens with two attached hydrogens (primary N) is 1. The predicted octanol–water partition coefficient (Wildman–Crippen LogP) is 3.31. The van der Waals surface area contributed by atoms with Gasteiger partial charge in [-0.05, 0) is 39.0 Å². The first-order valence-corrected chi connectivity index (χ1v) is 11.6. The van der Waals surface area contributed by atoms with Crippen LogP contribution in [0.4, 0.5) is 5.13 Å². The number of rotatable bonds is 8. The molecule has 0 atom stereocenters. The van der Waals surface area contributed by atoms with Crippen molar-refractivity contribution >= 4 is 34.1 Å². The van der Waals surface area contributed by atoms with Crippen LogP contribution in [0.2, 0.25) is 0 Å². The van der Waals surface area contributed by atoms with Gasteiger partial charge in [-0.3, -0.25) is 0 Å². The van der Waals surface area contributed by atoms with Crippen LogP contribution < -0.4 is 11.1 Å². The van der Waals surface area contributed by atoms with Crippen LogP contribution in [0.1, 0.15) is 32.1 Å². The fourth-order valence-electron chi connectivity index (χ4n) is 2.67. The maximum atomic E-state index is 9.00. The number of aromatic nitrogens is 1. The van der Waals surface area contributed by atoms with Gasteiger partial charge in [0.15, 0.2) is 5.13 Å². The number of amidine groups is 1. The zero-order chi connectivity index (χ0) is 21.2. The smallest absolute Gasteiger partial charge is 0.188 e. The Morgan fingerprint density at radius 1 is 1.41 bits per heavy atom. The number of nitrogens with zero attached hydrogens (tertiary/aromatic N) is 5. The van der Waals surface area contributed by atoms with E-state index in [1.54, 1.807) is 18.0 Å². The minimum absolute atomic E-state index is 0.593. The molecule has 1 aliphatic heterocycles. The number of anilines is 1. The molecule has 158 valence electrons. The molecule has 2 rings (SSSR count). The Labute approximate surface area is 182 Å². The molecule has 7 nitrogen and oxygen atoms in total. The number of piperazine rings is 1. The van der Waals surface area contributed by atoms with Gasteiger partial charge in [0.05, 0.1) is 11.2 Å². The number of nitrogens with one attached hydrogen (secondary N) is 1. The normalized spacial score (nSPS) is 17.2. The first kappa shape index (κ1) is 23.4. The summed E-state index contributed by atoms with van der Waals surface area (Å²) in [6.45, 7) is 10.8. The van der Waals surface area contributed by atoms with E-state index in [4.69, 9.17) is 16.0 Å². The molecule has 2 heterocycles. The van der Waals surface area contributed by atoms with Crippen LogP contribution in [-0.4, -0.2) is 66.1 Å². The lowest BCUT2D eigenvalue weighted by molar-refractivity contribution is 0.216. The average Bonchev–Trinajstić information content (AvgIpc) is 3.17. The second kappa shape index (κ2) is 12.0. The number of thioether (sulfide) groups is 1. The summed E-state index contributed by atoms with van der Waals surface area (Å²) < 4.78 is 0. The van der Waals surface area contributed by atoms with E-state index in [9.17, 15) is 0 Å². The Morgan fingerprint density at radius 2 is 2.14 bits per heavy atom. The average molecular weight is 434 g/mol. The molecule has 0 aliphatic carbocycles. The summed E-state index contributed by atoms with van der Waals surface area (Å²) >= 11 is 3.06. The van der Waals surface area contributed by atoms with E-state index in [1.807, 2.05) is 6.92 Å². The standard InChI is InChI=1S/C20H31N7S2/c1-5-15(2)19(28-11-6-21)25-18(27-9-7-26(4)8-10-27)12-16(3)24-20-23-14-17(13-22)29-20/h12,14H,5-11,21H2,1-4H3,(H,23,24)/b16-12+,19-15-,25-18+. The van der Waals surface area contributed by atoms with E-state index < -0.39 is 0 Å². The predicted molar refractivity (Wildman–Crippen MR) is 125 cm³/mol. The van der Waals surface area contributed by atoms with Crippen molar-refractivity contribution in [2.45, 2.75) is 27.2 Å². The highest BCUT2D eigenvalue weighted by atomic mass is 32.2. The summed E-state index contributed by atoms with van der Waals surface area (Å²) in [6.07, 6.45) is 4.62. The number of nitriles is 1. The first-order valence-electron chi connectivity index (χ1n) is 9.82. The number of hydrogen-bond donors (Lipinski definition) is 2. The molecule has 0 bridgehead atoms. The van der Waals surface area contributed by atoms with Crippen LogP contribution in [0, 0.1) is 11.3 Å². The van der Waals surface area contributed by atoms with Gasteiger partial charge in [0.25, 0.3) is 0 Å². The fraction of sp³-hybridized carbons (Fsp3) is 0.550. The van der Waals surface area contributed by atoms with Crippen molar-refractivity contribution in [2.75, 3.05) is 50.8 Å². The third-order valence-corrected chi connectivity index (χ3v) is 6.53. The Kier molecular flexibility index (Phi) is 9.67. The first-order chi connectivity index (χ1) is 14.0. The van der Waals surface area contributed by atoms with Crippen molar-refractivity contribution in [1.82, 2.24) is 14.8 Å². The Morgan fingerprint density at radius 3 is 2.72 bits per heavy atom. The van der Waals surface area contributed by atoms with E-state index in [1.165, 1.54) is 16.9 Å². The zero-order valence-corrected chi connectivity index (χ0v) is 19.4. The van der Waals surface area contributed by atoms with Gasteiger partial charge >= 0.3 is 0 Å². The molecule has 29 heavy (non-hydrogen) atoms. The van der Waals surface area contributed by atoms with Crippen molar-refractivity contribution in [3.05, 3.63) is 33.4 Å². The van der Waals surface area contributed by atoms with Gasteiger partial charge in [-0.2, -0.15) is 5.26 Å². The Balaban J connectivity index is 2.31. The molecular weight excluding hydrogens is 402 g/mol. The molecule has 0 aromatic carbocycles. The molecule has 1 saturated heterocycles. The second-order valence-corrected chi connectivity index (χ2v) is 9.04. The number of allylic oxidation sites excluding steroid dienone is 2. The molecule has 1 aliphatic rings. The summed E-state index contributed by atoms with van der Waals surface area (Å²) in [4.78, 5) is 14.6. The molecule has 0 unspecified atom stereocenters. The van der Waals surface area contributed by atoms with Crippen LogP contribution in [-0.2, 0) is 0 Å². The molecule has 9 heteroatoms. The maximum absolute atomic E-state index is 9.00. The molecule has 0 spiro atoms. The second-order valence-electron chi connectivity index (χ2n) is 6.93. The molecular formula is C20H31N7S2. The van der Waals surface area contributed by atoms with E-state index in [-0.39, 0.29) is 0 Å². The van der Waals surface area contributed by atoms with Gasteiger partial charge in [0, 0.05) is 44.2 Å². The molecule has 1 aromatic heterocycles. The van der Waals surface area contributed by atoms with Crippen LogP contribution in [0.25, 0.3) is 0 Å². The SMILES string of the molecule is CC/C(C)=C(/N=C(\C=C(/C)Nc1ncc(C#N)s1)N1CCN(C)CC1)SCCN. The quantitative estimate of drug-likeness (QED) is 0.480. The van der Waals surface area contributed by atoms with E-state index in [0.29, 0.717) is 16.6 Å². The van der Waals surface area contributed by atoms with Gasteiger partial charge in [-0.15, -0.1) is 11.8 Å². The van der Waals surface area contributed by atoms with Gasteiger partial charge in [0.2, 0.25) is 0 Å². The number of hydrogen-bond acceptors (Lipinski definition) is 8. The third-order valence-electron chi connectivity index (χ3n) is 4.56. The monoisotopic (exact) mass is 433 g/mol. The molecule has 1 aromatic rings. The highest BCUT2D eigenvalue weighted by Gasteiger charge is 2.17. The highest BCUT2D eigenvalue weighted by molar-refractivity contribution is 8.03. The van der Waals surface area contributed by atoms with E-state index >= 15 is 0 Å². The van der Waals surface area contributed by atoms with Crippen molar-refractivity contribution in [3.8, 4) is 6.07 Å². The summed E-state index contributed by atoms with van der Waals surface area (Å²) in [5.74, 6) is 1.80. The minimum Gasteiger partial charge on any atom is -0.354 e. The fourth-order valence-corrected chi connectivity index (χ4v) is 4.21. The van der Waals surface area contributed by atoms with E-state index in [2.05, 4.69) is 53.1 Å². The van der Waals surface area contributed by atoms with Crippen LogP contribution in [0.5, 0.6) is 0 Å². The summed E-state index contributed by atoms with van der Waals surface area (Å²) in [5, 5.41) is 14.1. The summed E-state index contributed by atoms with van der Waals surface area (Å²) in [7, 11) is 2.15. The van der Waals surface area contributed by atoms with Crippen molar-refractivity contribution in [2.24, 2.45) is 10.7 Å². The zero-order valence-electron chi connectivity index (χ0n) is 17.7. The Bertz CT molecular complexity index is 796. The van der Waals surface area contributed by atoms with Crippen LogP contribution in [0.3, 0.4) is 0 Å². The third kappa shape index (κ3) is 7.48. The lowest BCUT2D eigenvalue weighted by Gasteiger charge is -2.34. The largest absolute Gasteiger partial charge is 0.354 e. The van der Waals surface area contributed by atoms with Crippen molar-refractivity contribution in [3.63, 3.8) is 0 Å². The summed E-state index contributed by atoms with van der Waals surface area (Å²) in [5.41, 5.74) is 7.94. The lowest BCUT2D eigenvalue weighted by Crippen LogP contribution is -2.46. The number of thiazole rings is 1. The van der Waals surface area contributed by atoms with E-state index in [0.717, 1.165) is 54.9 Å². The molecule has 0 radical (unpaired) electrons. The van der Waals surface area contributed by atoms with Crippen LogP contribution in [0.15, 0.2) is 33.6 Å². The van der Waals surface area contributed by atoms with Crippen molar-refractivity contribution < 1.29 is 0 Å². The Hall–Kier alpha value is -1.86. The number of aliphatic imine (C=N–C) groups is 1. The maximum Gasteiger partial charge on any atom is 0.188 e. The van der Waals surface area contributed by atoms with Crippen LogP contribution >= 0.6 is 23.1 Å². The number of likely N-dealkylation sites (N-methyl/N-ethyl adjacent to an activating group) is 1. The van der Waals surface area contributed by atoms with Gasteiger partial charge in [0.1, 0.15) is 16.8 Å². The molecule has 0 saturated carbocycles. The summed E-state index contributed by atoms with van der Waals surface area (Å²) in [6, 6.07) is 2.12. The van der Waals surface area contributed by atoms with Gasteiger partial charge in [-0.25, -0.2) is 9.98 Å². The molecule has 1 fully saturated rings. The van der Waals surface area contributed by atoms with Gasteiger partial charge < -0.3 is 20.9 Å². The van der Waals surface area contributed by atoms with Gasteiger partial charge in [-0.1, -0.05) is 18.3 Å². The highest BCUT2D eigenvalue weighted by Crippen LogP contribution is 2.24. The molecule has 3 N–H and O–H groups in total.